The monoisotopic (exact) mass is 377 g/mol. The maximum absolute atomic E-state index is 13.1. The molecule has 3 aromatic rings. The van der Waals surface area contributed by atoms with Crippen molar-refractivity contribution in [2.24, 2.45) is 5.92 Å². The van der Waals surface area contributed by atoms with Gasteiger partial charge in [0, 0.05) is 24.4 Å². The second kappa shape index (κ2) is 7.82. The molecule has 1 atom stereocenters. The van der Waals surface area contributed by atoms with Crippen molar-refractivity contribution < 1.29 is 9.90 Å². The highest BCUT2D eigenvalue weighted by Gasteiger charge is 2.35. The van der Waals surface area contributed by atoms with Gasteiger partial charge in [-0.25, -0.2) is 0 Å². The van der Waals surface area contributed by atoms with Crippen LogP contribution in [0.2, 0.25) is 0 Å². The number of aromatic amines is 1. The first kappa shape index (κ1) is 18.2. The predicted molar refractivity (Wildman–Crippen MR) is 106 cm³/mol. The Morgan fingerprint density at radius 2 is 1.96 bits per heavy atom. The van der Waals surface area contributed by atoms with Gasteiger partial charge in [-0.05, 0) is 36.5 Å². The van der Waals surface area contributed by atoms with E-state index in [1.165, 1.54) is 0 Å². The smallest absolute Gasteiger partial charge is 0.270 e. The lowest BCUT2D eigenvalue weighted by molar-refractivity contribution is 0.0237. The van der Waals surface area contributed by atoms with Crippen LogP contribution < -0.4 is 11.1 Å². The van der Waals surface area contributed by atoms with Crippen molar-refractivity contribution in [2.75, 3.05) is 5.73 Å². The predicted octanol–water partition coefficient (Wildman–Crippen LogP) is 2.17. The van der Waals surface area contributed by atoms with E-state index < -0.39 is 0 Å². The van der Waals surface area contributed by atoms with Gasteiger partial charge in [0.15, 0.2) is 5.82 Å². The van der Waals surface area contributed by atoms with Gasteiger partial charge >= 0.3 is 0 Å². The first-order valence-electron chi connectivity index (χ1n) is 9.40. The number of nitrogen functional groups attached to an aromatic ring is 1. The largest absolute Gasteiger partial charge is 0.393 e. The summed E-state index contributed by atoms with van der Waals surface area (Å²) in [5.74, 6) is 0.239. The van der Waals surface area contributed by atoms with Gasteiger partial charge in [-0.2, -0.15) is 5.10 Å². The average Bonchev–Trinajstić information content (AvgIpc) is 3.08. The SMILES string of the molecule is Nc1n[nH]c(C(=O)NC(Cc2ccccn2)C2CC(O)C2)c1-c1ccccc1. The number of hydrogen-bond acceptors (Lipinski definition) is 5. The van der Waals surface area contributed by atoms with E-state index in [0.717, 1.165) is 11.3 Å². The molecule has 0 spiro atoms. The number of carbonyl (C=O) groups is 1. The zero-order valence-corrected chi connectivity index (χ0v) is 15.4. The van der Waals surface area contributed by atoms with E-state index in [4.69, 9.17) is 5.73 Å². The van der Waals surface area contributed by atoms with Gasteiger partial charge in [0.25, 0.3) is 5.91 Å². The van der Waals surface area contributed by atoms with Crippen LogP contribution in [0.4, 0.5) is 5.82 Å². The molecule has 0 radical (unpaired) electrons. The molecule has 28 heavy (non-hydrogen) atoms. The third-order valence-electron chi connectivity index (χ3n) is 5.27. The minimum atomic E-state index is -0.296. The van der Waals surface area contributed by atoms with E-state index >= 15 is 0 Å². The molecule has 0 saturated heterocycles. The van der Waals surface area contributed by atoms with Crippen molar-refractivity contribution in [2.45, 2.75) is 31.4 Å². The Morgan fingerprint density at radius 1 is 1.21 bits per heavy atom. The highest BCUT2D eigenvalue weighted by atomic mass is 16.3. The number of pyridine rings is 1. The summed E-state index contributed by atoms with van der Waals surface area (Å²) in [4.78, 5) is 17.4. The van der Waals surface area contributed by atoms with Gasteiger partial charge in [0.2, 0.25) is 0 Å². The van der Waals surface area contributed by atoms with E-state index in [9.17, 15) is 9.90 Å². The topological polar surface area (TPSA) is 117 Å². The van der Waals surface area contributed by atoms with Crippen molar-refractivity contribution >= 4 is 11.7 Å². The Labute approximate surface area is 163 Å². The van der Waals surface area contributed by atoms with Crippen LogP contribution in [-0.2, 0) is 6.42 Å². The highest BCUT2D eigenvalue weighted by Crippen LogP contribution is 2.32. The first-order chi connectivity index (χ1) is 13.6. The van der Waals surface area contributed by atoms with Gasteiger partial charge in [-0.15, -0.1) is 0 Å². The van der Waals surface area contributed by atoms with Gasteiger partial charge in [-0.1, -0.05) is 36.4 Å². The number of benzene rings is 1. The lowest BCUT2D eigenvalue weighted by Gasteiger charge is -2.38. The highest BCUT2D eigenvalue weighted by molar-refractivity contribution is 6.01. The maximum atomic E-state index is 13.1. The van der Waals surface area contributed by atoms with E-state index in [0.29, 0.717) is 30.5 Å². The third-order valence-corrected chi connectivity index (χ3v) is 5.27. The molecule has 2 aromatic heterocycles. The van der Waals surface area contributed by atoms with Crippen LogP contribution in [0, 0.1) is 5.92 Å². The van der Waals surface area contributed by atoms with Gasteiger partial charge in [-0.3, -0.25) is 14.9 Å². The lowest BCUT2D eigenvalue weighted by atomic mass is 9.76. The zero-order valence-electron chi connectivity index (χ0n) is 15.4. The van der Waals surface area contributed by atoms with Crippen LogP contribution in [-0.4, -0.2) is 38.3 Å². The van der Waals surface area contributed by atoms with Crippen LogP contribution in [0.15, 0.2) is 54.7 Å². The summed E-state index contributed by atoms with van der Waals surface area (Å²) in [6.07, 6.45) is 3.40. The second-order valence-electron chi connectivity index (χ2n) is 7.22. The molecular weight excluding hydrogens is 354 g/mol. The molecule has 1 fully saturated rings. The van der Waals surface area contributed by atoms with Gasteiger partial charge in [0.1, 0.15) is 5.69 Å². The number of H-pyrrole nitrogens is 1. The summed E-state index contributed by atoms with van der Waals surface area (Å²) >= 11 is 0. The van der Waals surface area contributed by atoms with Crippen LogP contribution >= 0.6 is 0 Å². The van der Waals surface area contributed by atoms with E-state index in [2.05, 4.69) is 20.5 Å². The maximum Gasteiger partial charge on any atom is 0.270 e. The fourth-order valence-corrected chi connectivity index (χ4v) is 3.70. The molecule has 0 bridgehead atoms. The summed E-state index contributed by atoms with van der Waals surface area (Å²) in [5.41, 5.74) is 8.69. The summed E-state index contributed by atoms with van der Waals surface area (Å²) in [6.45, 7) is 0. The van der Waals surface area contributed by atoms with E-state index in [-0.39, 0.29) is 29.8 Å². The molecule has 1 aromatic carbocycles. The molecule has 4 rings (SSSR count). The molecule has 144 valence electrons. The van der Waals surface area contributed by atoms with Crippen molar-refractivity contribution in [3.8, 4) is 11.1 Å². The summed E-state index contributed by atoms with van der Waals surface area (Å²) in [5, 5.41) is 19.6. The molecule has 7 nitrogen and oxygen atoms in total. The summed E-state index contributed by atoms with van der Waals surface area (Å²) in [7, 11) is 0. The number of rotatable bonds is 6. The number of nitrogens with zero attached hydrogens (tertiary/aromatic N) is 2. The molecule has 1 amide bonds. The molecule has 5 N–H and O–H groups in total. The number of aromatic nitrogens is 3. The van der Waals surface area contributed by atoms with Crippen molar-refractivity contribution in [3.05, 3.63) is 66.1 Å². The molecule has 1 aliphatic rings. The molecule has 1 aliphatic carbocycles. The number of nitrogens with two attached hydrogens (primary N) is 1. The number of carbonyl (C=O) groups excluding carboxylic acids is 1. The summed E-state index contributed by atoms with van der Waals surface area (Å²) < 4.78 is 0. The van der Waals surface area contributed by atoms with Crippen molar-refractivity contribution in [1.29, 1.82) is 0 Å². The number of hydrogen-bond donors (Lipinski definition) is 4. The quantitative estimate of drug-likeness (QED) is 0.525. The molecule has 1 saturated carbocycles. The minimum Gasteiger partial charge on any atom is -0.393 e. The van der Waals surface area contributed by atoms with E-state index in [1.54, 1.807) is 6.20 Å². The fourth-order valence-electron chi connectivity index (χ4n) is 3.70. The zero-order chi connectivity index (χ0) is 19.5. The molecular formula is C21H23N5O2. The Hall–Kier alpha value is -3.19. The standard InChI is InChI=1S/C21H23N5O2/c22-20-18(13-6-2-1-3-7-13)19(25-26-20)21(28)24-17(14-10-16(27)11-14)12-15-8-4-5-9-23-15/h1-9,14,16-17,27H,10-12H2,(H,24,28)(H3,22,25,26). The minimum absolute atomic E-state index is 0.126. The van der Waals surface area contributed by atoms with Crippen molar-refractivity contribution in [3.63, 3.8) is 0 Å². The summed E-state index contributed by atoms with van der Waals surface area (Å²) in [6, 6.07) is 15.1. The number of aliphatic hydroxyl groups excluding tert-OH is 1. The number of aliphatic hydroxyl groups is 1. The Bertz CT molecular complexity index is 936. The van der Waals surface area contributed by atoms with Crippen LogP contribution in [0.5, 0.6) is 0 Å². The van der Waals surface area contributed by atoms with Gasteiger partial charge < -0.3 is 16.2 Å². The number of amides is 1. The Balaban J connectivity index is 1.57. The Morgan fingerprint density at radius 3 is 2.64 bits per heavy atom. The second-order valence-corrected chi connectivity index (χ2v) is 7.22. The number of anilines is 1. The Kier molecular flexibility index (Phi) is 5.08. The molecule has 1 unspecified atom stereocenters. The molecule has 7 heteroatoms. The van der Waals surface area contributed by atoms with Crippen molar-refractivity contribution in [1.82, 2.24) is 20.5 Å². The van der Waals surface area contributed by atoms with Crippen LogP contribution in [0.1, 0.15) is 29.0 Å². The van der Waals surface area contributed by atoms with Crippen LogP contribution in [0.25, 0.3) is 11.1 Å². The first-order valence-corrected chi connectivity index (χ1v) is 9.40. The van der Waals surface area contributed by atoms with Crippen LogP contribution in [0.3, 0.4) is 0 Å². The molecule has 2 heterocycles. The third kappa shape index (κ3) is 3.75. The normalized spacial score (nSPS) is 19.6. The average molecular weight is 377 g/mol. The lowest BCUT2D eigenvalue weighted by Crippen LogP contribution is -2.48. The van der Waals surface area contributed by atoms with E-state index in [1.807, 2.05) is 48.5 Å². The number of nitrogens with one attached hydrogen (secondary N) is 2. The fraction of sp³-hybridized carbons (Fsp3) is 0.286. The molecule has 0 aliphatic heterocycles. The van der Waals surface area contributed by atoms with Gasteiger partial charge in [0.05, 0.1) is 11.7 Å².